The number of benzene rings is 1. The molecule has 0 fully saturated rings. The number of nitrogens with zero attached hydrogens (tertiary/aromatic N) is 1. The van der Waals surface area contributed by atoms with E-state index in [-0.39, 0.29) is 5.91 Å². The zero-order chi connectivity index (χ0) is 13.7. The highest BCUT2D eigenvalue weighted by atomic mass is 32.1. The van der Waals surface area contributed by atoms with Crippen molar-refractivity contribution in [2.75, 3.05) is 19.8 Å². The first-order valence-corrected chi connectivity index (χ1v) is 6.88. The molecule has 0 radical (unpaired) electrons. The molecule has 0 atom stereocenters. The third-order valence-corrected chi connectivity index (χ3v) is 3.27. The fraction of sp³-hybridized carbons (Fsp3) is 0.286. The van der Waals surface area contributed by atoms with Gasteiger partial charge in [-0.25, -0.2) is 4.98 Å². The summed E-state index contributed by atoms with van der Waals surface area (Å²) in [6.45, 7) is 7.16. The highest BCUT2D eigenvalue weighted by Crippen LogP contribution is 2.18. The normalized spacial score (nSPS) is 10.6. The summed E-state index contributed by atoms with van der Waals surface area (Å²) in [5.74, 6) is -0.0887. The van der Waals surface area contributed by atoms with Crippen molar-refractivity contribution in [3.63, 3.8) is 0 Å². The molecule has 2 rings (SSSR count). The number of amides is 1. The molecule has 4 nitrogen and oxygen atoms in total. The predicted molar refractivity (Wildman–Crippen MR) is 77.6 cm³/mol. The van der Waals surface area contributed by atoms with E-state index < -0.39 is 0 Å². The predicted octanol–water partition coefficient (Wildman–Crippen LogP) is 2.62. The molecule has 1 aromatic carbocycles. The fourth-order valence-electron chi connectivity index (χ4n) is 1.58. The number of hydrogen-bond donors (Lipinski definition) is 1. The van der Waals surface area contributed by atoms with Crippen molar-refractivity contribution in [3.05, 3.63) is 41.4 Å². The number of carbonyl (C=O) groups is 1. The number of ether oxygens (including phenoxy) is 1. The number of carbonyl (C=O) groups excluding carboxylic acids is 1. The van der Waals surface area contributed by atoms with Crippen molar-refractivity contribution < 1.29 is 9.53 Å². The third kappa shape index (κ3) is 3.87. The van der Waals surface area contributed by atoms with Gasteiger partial charge in [0.05, 0.1) is 28.9 Å². The van der Waals surface area contributed by atoms with Gasteiger partial charge in [-0.1, -0.05) is 12.2 Å². The maximum atomic E-state index is 11.9. The van der Waals surface area contributed by atoms with Crippen molar-refractivity contribution in [2.24, 2.45) is 0 Å². The van der Waals surface area contributed by atoms with E-state index in [0.717, 1.165) is 15.8 Å². The second-order valence-electron chi connectivity index (χ2n) is 4.30. The summed E-state index contributed by atoms with van der Waals surface area (Å²) in [4.78, 5) is 16.1. The van der Waals surface area contributed by atoms with Crippen molar-refractivity contribution in [3.8, 4) is 0 Å². The van der Waals surface area contributed by atoms with Crippen LogP contribution < -0.4 is 5.32 Å². The molecule has 1 amide bonds. The second kappa shape index (κ2) is 6.45. The van der Waals surface area contributed by atoms with Gasteiger partial charge in [0.2, 0.25) is 0 Å². The van der Waals surface area contributed by atoms with E-state index in [4.69, 9.17) is 4.74 Å². The average Bonchev–Trinajstić information content (AvgIpc) is 2.84. The Morgan fingerprint density at radius 1 is 1.53 bits per heavy atom. The molecular weight excluding hydrogens is 260 g/mol. The van der Waals surface area contributed by atoms with Crippen molar-refractivity contribution in [1.29, 1.82) is 0 Å². The zero-order valence-electron chi connectivity index (χ0n) is 10.8. The summed E-state index contributed by atoms with van der Waals surface area (Å²) in [6.07, 6.45) is 0. The van der Waals surface area contributed by atoms with Crippen LogP contribution in [0.1, 0.15) is 17.3 Å². The Kier molecular flexibility index (Phi) is 4.65. The average molecular weight is 276 g/mol. The van der Waals surface area contributed by atoms with E-state index in [2.05, 4.69) is 16.9 Å². The Labute approximate surface area is 116 Å². The first kappa shape index (κ1) is 13.7. The van der Waals surface area contributed by atoms with E-state index in [9.17, 15) is 4.79 Å². The number of hydrogen-bond acceptors (Lipinski definition) is 4. The van der Waals surface area contributed by atoms with Crippen LogP contribution in [-0.2, 0) is 4.74 Å². The lowest BCUT2D eigenvalue weighted by molar-refractivity contribution is 0.0927. The lowest BCUT2D eigenvalue weighted by Crippen LogP contribution is -2.27. The van der Waals surface area contributed by atoms with Gasteiger partial charge in [0, 0.05) is 12.1 Å². The molecule has 0 unspecified atom stereocenters. The molecular formula is C14H16N2O2S. The monoisotopic (exact) mass is 276 g/mol. The number of aromatic nitrogens is 1. The highest BCUT2D eigenvalue weighted by molar-refractivity contribution is 7.16. The van der Waals surface area contributed by atoms with Gasteiger partial charge in [-0.2, -0.15) is 0 Å². The van der Waals surface area contributed by atoms with Gasteiger partial charge < -0.3 is 10.1 Å². The number of rotatable bonds is 6. The molecule has 0 aliphatic carbocycles. The number of fused-ring (bicyclic) bond motifs is 1. The van der Waals surface area contributed by atoms with Gasteiger partial charge in [0.25, 0.3) is 5.91 Å². The van der Waals surface area contributed by atoms with Crippen LogP contribution in [0.4, 0.5) is 0 Å². The first-order valence-electron chi connectivity index (χ1n) is 6.00. The van der Waals surface area contributed by atoms with Crippen LogP contribution in [0.3, 0.4) is 0 Å². The molecule has 5 heteroatoms. The zero-order valence-corrected chi connectivity index (χ0v) is 11.6. The van der Waals surface area contributed by atoms with E-state index >= 15 is 0 Å². The van der Waals surface area contributed by atoms with Gasteiger partial charge in [-0.05, 0) is 25.1 Å². The smallest absolute Gasteiger partial charge is 0.251 e. The number of nitrogens with one attached hydrogen (secondary N) is 1. The summed E-state index contributed by atoms with van der Waals surface area (Å²) < 4.78 is 6.34. The molecule has 0 aliphatic rings. The van der Waals surface area contributed by atoms with Crippen LogP contribution in [-0.4, -0.2) is 30.6 Å². The molecule has 0 aliphatic heterocycles. The molecule has 0 saturated carbocycles. The van der Waals surface area contributed by atoms with Gasteiger partial charge in [-0.3, -0.25) is 4.79 Å². The van der Waals surface area contributed by atoms with Crippen LogP contribution in [0.5, 0.6) is 0 Å². The Morgan fingerprint density at radius 2 is 2.37 bits per heavy atom. The quantitative estimate of drug-likeness (QED) is 0.652. The summed E-state index contributed by atoms with van der Waals surface area (Å²) in [7, 11) is 0. The lowest BCUT2D eigenvalue weighted by Gasteiger charge is -2.06. The van der Waals surface area contributed by atoms with E-state index in [0.29, 0.717) is 25.3 Å². The van der Waals surface area contributed by atoms with E-state index in [1.54, 1.807) is 11.6 Å². The third-order valence-electron chi connectivity index (χ3n) is 2.47. The molecule has 1 aromatic heterocycles. The van der Waals surface area contributed by atoms with Crippen LogP contribution in [0.25, 0.3) is 10.2 Å². The maximum absolute atomic E-state index is 11.9. The minimum absolute atomic E-state index is 0.0887. The molecule has 0 spiro atoms. The first-order chi connectivity index (χ1) is 9.16. The van der Waals surface area contributed by atoms with Gasteiger partial charge >= 0.3 is 0 Å². The van der Waals surface area contributed by atoms with Crippen LogP contribution >= 0.6 is 11.3 Å². The Morgan fingerprint density at radius 3 is 3.16 bits per heavy atom. The molecule has 100 valence electrons. The molecule has 1 N–H and O–H groups in total. The van der Waals surface area contributed by atoms with Gasteiger partial charge in [0.15, 0.2) is 0 Å². The lowest BCUT2D eigenvalue weighted by atomic mass is 10.2. The van der Waals surface area contributed by atoms with Crippen molar-refractivity contribution >= 4 is 27.5 Å². The standard InChI is InChI=1S/C14H16N2O2S/c1-10(2)8-18-6-5-15-14(17)11-3-4-12-13(7-11)19-9-16-12/h3-4,7,9H,1,5-6,8H2,2H3,(H,15,17). The molecule has 0 saturated heterocycles. The van der Waals surface area contributed by atoms with Gasteiger partial charge in [-0.15, -0.1) is 11.3 Å². The Hall–Kier alpha value is -1.72. The second-order valence-corrected chi connectivity index (χ2v) is 5.19. The Balaban J connectivity index is 1.84. The number of thiazole rings is 1. The summed E-state index contributed by atoms with van der Waals surface area (Å²) in [5.41, 5.74) is 4.32. The van der Waals surface area contributed by atoms with Crippen LogP contribution in [0, 0.1) is 0 Å². The summed E-state index contributed by atoms with van der Waals surface area (Å²) in [5, 5.41) is 2.82. The summed E-state index contributed by atoms with van der Waals surface area (Å²) in [6, 6.07) is 5.50. The minimum atomic E-state index is -0.0887. The summed E-state index contributed by atoms with van der Waals surface area (Å²) >= 11 is 1.53. The molecule has 0 bridgehead atoms. The van der Waals surface area contributed by atoms with Crippen LogP contribution in [0.15, 0.2) is 35.9 Å². The Bertz CT molecular complexity index is 592. The SMILES string of the molecule is C=C(C)COCCNC(=O)c1ccc2ncsc2c1. The minimum Gasteiger partial charge on any atom is -0.375 e. The maximum Gasteiger partial charge on any atom is 0.251 e. The van der Waals surface area contributed by atoms with Crippen LogP contribution in [0.2, 0.25) is 0 Å². The van der Waals surface area contributed by atoms with E-state index in [1.165, 1.54) is 11.3 Å². The molecule has 19 heavy (non-hydrogen) atoms. The topological polar surface area (TPSA) is 51.2 Å². The van der Waals surface area contributed by atoms with Crippen molar-refractivity contribution in [2.45, 2.75) is 6.92 Å². The highest BCUT2D eigenvalue weighted by Gasteiger charge is 2.06. The van der Waals surface area contributed by atoms with Crippen molar-refractivity contribution in [1.82, 2.24) is 10.3 Å². The molecule has 1 heterocycles. The largest absolute Gasteiger partial charge is 0.375 e. The van der Waals surface area contributed by atoms with E-state index in [1.807, 2.05) is 19.1 Å². The van der Waals surface area contributed by atoms with Gasteiger partial charge in [0.1, 0.15) is 0 Å². The molecule has 2 aromatic rings. The fourth-order valence-corrected chi connectivity index (χ4v) is 2.30.